The first kappa shape index (κ1) is 9.01. The Balaban J connectivity index is 2.87. The number of hydrogen-bond donors (Lipinski definition) is 0. The maximum absolute atomic E-state index is 5.61. The van der Waals surface area contributed by atoms with Gasteiger partial charge in [-0.15, -0.1) is 0 Å². The summed E-state index contributed by atoms with van der Waals surface area (Å²) in [6, 6.07) is 9.74. The maximum Gasteiger partial charge on any atom is 0.103 e. The Kier molecular flexibility index (Phi) is 3.06. The first-order chi connectivity index (χ1) is 5.70. The third-order valence-corrected chi connectivity index (χ3v) is 1.48. The number of halogens is 1. The van der Waals surface area contributed by atoms with Gasteiger partial charge in [-0.3, -0.25) is 0 Å². The van der Waals surface area contributed by atoms with Crippen LogP contribution in [0.5, 0.6) is 0 Å². The molecule has 0 fully saturated rings. The van der Waals surface area contributed by atoms with Crippen LogP contribution in [0, 0.1) is 0 Å². The van der Waals surface area contributed by atoms with Gasteiger partial charge in [0, 0.05) is 0 Å². The standard InChI is InChI=1S/C10H10ClN/c1-8(12-9(2)11)10-6-4-3-5-7-10/h3-7H,1H2,2H3. The van der Waals surface area contributed by atoms with E-state index in [2.05, 4.69) is 11.6 Å². The normalized spacial score (nSPS) is 11.3. The van der Waals surface area contributed by atoms with Crippen molar-refractivity contribution < 1.29 is 0 Å². The van der Waals surface area contributed by atoms with Gasteiger partial charge in [-0.2, -0.15) is 0 Å². The van der Waals surface area contributed by atoms with Crippen molar-refractivity contribution in [3.05, 3.63) is 42.5 Å². The molecule has 12 heavy (non-hydrogen) atoms. The maximum atomic E-state index is 5.61. The van der Waals surface area contributed by atoms with Crippen LogP contribution in [0.3, 0.4) is 0 Å². The topological polar surface area (TPSA) is 12.4 Å². The summed E-state index contributed by atoms with van der Waals surface area (Å²) in [6.45, 7) is 5.52. The van der Waals surface area contributed by atoms with E-state index in [1.807, 2.05) is 30.3 Å². The minimum Gasteiger partial charge on any atom is -0.242 e. The van der Waals surface area contributed by atoms with E-state index >= 15 is 0 Å². The number of aliphatic imine (C=N–C) groups is 1. The molecule has 0 atom stereocenters. The number of rotatable bonds is 2. The van der Waals surface area contributed by atoms with Crippen LogP contribution in [-0.2, 0) is 0 Å². The quantitative estimate of drug-likeness (QED) is 0.618. The second-order valence-electron chi connectivity index (χ2n) is 2.42. The lowest BCUT2D eigenvalue weighted by Crippen LogP contribution is -1.81. The molecule has 0 aliphatic carbocycles. The lowest BCUT2D eigenvalue weighted by molar-refractivity contribution is 1.52. The Hall–Kier alpha value is -1.08. The average molecular weight is 180 g/mol. The highest BCUT2D eigenvalue weighted by molar-refractivity contribution is 6.65. The molecule has 1 aromatic rings. The molecular formula is C10H10ClN. The highest BCUT2D eigenvalue weighted by Gasteiger charge is 1.94. The van der Waals surface area contributed by atoms with Gasteiger partial charge in [-0.1, -0.05) is 48.5 Å². The lowest BCUT2D eigenvalue weighted by atomic mass is 10.2. The molecule has 1 rings (SSSR count). The summed E-state index contributed by atoms with van der Waals surface area (Å²) in [5.41, 5.74) is 1.70. The Labute approximate surface area is 77.4 Å². The third-order valence-electron chi connectivity index (χ3n) is 1.40. The molecule has 0 aliphatic rings. The number of benzene rings is 1. The van der Waals surface area contributed by atoms with E-state index < -0.39 is 0 Å². The second kappa shape index (κ2) is 4.07. The van der Waals surface area contributed by atoms with Crippen LogP contribution in [0.1, 0.15) is 12.5 Å². The van der Waals surface area contributed by atoms with Crippen molar-refractivity contribution in [1.82, 2.24) is 0 Å². The van der Waals surface area contributed by atoms with Gasteiger partial charge in [0.05, 0.1) is 5.70 Å². The van der Waals surface area contributed by atoms with E-state index in [1.165, 1.54) is 0 Å². The fourth-order valence-electron chi connectivity index (χ4n) is 0.881. The van der Waals surface area contributed by atoms with Gasteiger partial charge < -0.3 is 0 Å². The molecule has 0 spiro atoms. The predicted octanol–water partition coefficient (Wildman–Crippen LogP) is 3.31. The Morgan fingerprint density at radius 1 is 1.33 bits per heavy atom. The van der Waals surface area contributed by atoms with Crippen LogP contribution in [0.15, 0.2) is 41.9 Å². The van der Waals surface area contributed by atoms with E-state index in [0.717, 1.165) is 5.56 Å². The fourth-order valence-corrected chi connectivity index (χ4v) is 0.983. The molecule has 0 saturated heterocycles. The summed E-state index contributed by atoms with van der Waals surface area (Å²) in [6.07, 6.45) is 0. The van der Waals surface area contributed by atoms with Gasteiger partial charge in [-0.05, 0) is 12.5 Å². The second-order valence-corrected chi connectivity index (χ2v) is 2.97. The smallest absolute Gasteiger partial charge is 0.103 e. The molecule has 0 N–H and O–H groups in total. The van der Waals surface area contributed by atoms with E-state index in [-0.39, 0.29) is 0 Å². The summed E-state index contributed by atoms with van der Waals surface area (Å²) in [5, 5.41) is 0.504. The summed E-state index contributed by atoms with van der Waals surface area (Å²) >= 11 is 5.61. The Morgan fingerprint density at radius 3 is 2.42 bits per heavy atom. The minimum atomic E-state index is 0.504. The molecule has 1 nitrogen and oxygen atoms in total. The Morgan fingerprint density at radius 2 is 1.92 bits per heavy atom. The summed E-state index contributed by atoms with van der Waals surface area (Å²) < 4.78 is 0. The van der Waals surface area contributed by atoms with Gasteiger partial charge >= 0.3 is 0 Å². The summed E-state index contributed by atoms with van der Waals surface area (Å²) in [5.74, 6) is 0. The number of hydrogen-bond acceptors (Lipinski definition) is 1. The van der Waals surface area contributed by atoms with Gasteiger partial charge in [0.2, 0.25) is 0 Å². The zero-order chi connectivity index (χ0) is 8.97. The van der Waals surface area contributed by atoms with Gasteiger partial charge in [0.15, 0.2) is 0 Å². The molecule has 1 aromatic carbocycles. The van der Waals surface area contributed by atoms with E-state index in [9.17, 15) is 0 Å². The van der Waals surface area contributed by atoms with E-state index in [4.69, 9.17) is 11.6 Å². The molecule has 0 aromatic heterocycles. The first-order valence-electron chi connectivity index (χ1n) is 3.65. The lowest BCUT2D eigenvalue weighted by Gasteiger charge is -1.98. The average Bonchev–Trinajstić information content (AvgIpc) is 2.05. The fraction of sp³-hybridized carbons (Fsp3) is 0.100. The van der Waals surface area contributed by atoms with E-state index in [0.29, 0.717) is 10.9 Å². The van der Waals surface area contributed by atoms with E-state index in [1.54, 1.807) is 6.92 Å². The molecule has 2 heteroatoms. The highest BCUT2D eigenvalue weighted by atomic mass is 35.5. The van der Waals surface area contributed by atoms with Crippen LogP contribution in [0.25, 0.3) is 5.70 Å². The highest BCUT2D eigenvalue weighted by Crippen LogP contribution is 2.13. The summed E-state index contributed by atoms with van der Waals surface area (Å²) in [7, 11) is 0. The molecular weight excluding hydrogens is 170 g/mol. The zero-order valence-corrected chi connectivity index (χ0v) is 7.67. The minimum absolute atomic E-state index is 0.504. The molecule has 0 aliphatic heterocycles. The first-order valence-corrected chi connectivity index (χ1v) is 4.03. The molecule has 0 heterocycles. The molecule has 0 unspecified atom stereocenters. The number of nitrogens with zero attached hydrogens (tertiary/aromatic N) is 1. The van der Waals surface area contributed by atoms with Crippen molar-refractivity contribution >= 4 is 22.5 Å². The largest absolute Gasteiger partial charge is 0.242 e. The molecule has 0 radical (unpaired) electrons. The van der Waals surface area contributed by atoms with Crippen LogP contribution < -0.4 is 0 Å². The summed E-state index contributed by atoms with van der Waals surface area (Å²) in [4.78, 5) is 4.04. The third kappa shape index (κ3) is 2.51. The van der Waals surface area contributed by atoms with Crippen molar-refractivity contribution in [3.63, 3.8) is 0 Å². The predicted molar refractivity (Wildman–Crippen MR) is 54.4 cm³/mol. The van der Waals surface area contributed by atoms with Crippen LogP contribution >= 0.6 is 11.6 Å². The van der Waals surface area contributed by atoms with Crippen LogP contribution in [0.4, 0.5) is 0 Å². The van der Waals surface area contributed by atoms with Crippen LogP contribution in [-0.4, -0.2) is 5.17 Å². The SMILES string of the molecule is C=C(N=C(C)Cl)c1ccccc1. The van der Waals surface area contributed by atoms with Crippen LogP contribution in [0.2, 0.25) is 0 Å². The Bertz CT molecular complexity index is 297. The molecule has 0 bridgehead atoms. The van der Waals surface area contributed by atoms with Gasteiger partial charge in [0.1, 0.15) is 5.17 Å². The molecule has 62 valence electrons. The van der Waals surface area contributed by atoms with Gasteiger partial charge in [0.25, 0.3) is 0 Å². The van der Waals surface area contributed by atoms with Crippen molar-refractivity contribution in [2.45, 2.75) is 6.92 Å². The zero-order valence-electron chi connectivity index (χ0n) is 6.92. The van der Waals surface area contributed by atoms with Crippen molar-refractivity contribution in [3.8, 4) is 0 Å². The monoisotopic (exact) mass is 179 g/mol. The van der Waals surface area contributed by atoms with Gasteiger partial charge in [-0.25, -0.2) is 4.99 Å². The van der Waals surface area contributed by atoms with Crippen molar-refractivity contribution in [2.75, 3.05) is 0 Å². The molecule has 0 amide bonds. The van der Waals surface area contributed by atoms with Crippen molar-refractivity contribution in [1.29, 1.82) is 0 Å². The van der Waals surface area contributed by atoms with Crippen molar-refractivity contribution in [2.24, 2.45) is 4.99 Å². The molecule has 0 saturated carbocycles.